The van der Waals surface area contributed by atoms with Gasteiger partial charge >= 0.3 is 5.97 Å². The van der Waals surface area contributed by atoms with Crippen molar-refractivity contribution < 1.29 is 9.53 Å². The molecule has 96 valence electrons. The van der Waals surface area contributed by atoms with E-state index in [1.165, 1.54) is 9.75 Å². The van der Waals surface area contributed by atoms with Crippen molar-refractivity contribution in [1.82, 2.24) is 0 Å². The maximum atomic E-state index is 12.2. The number of esters is 1. The fourth-order valence-corrected chi connectivity index (χ4v) is 3.86. The Morgan fingerprint density at radius 2 is 1.61 bits per heavy atom. The van der Waals surface area contributed by atoms with Gasteiger partial charge < -0.3 is 4.74 Å². The van der Waals surface area contributed by atoms with E-state index in [1.807, 2.05) is 31.2 Å². The smallest absolute Gasteiger partial charge is 0.319 e. The van der Waals surface area contributed by atoms with Crippen molar-refractivity contribution in [2.45, 2.75) is 26.7 Å². The summed E-state index contributed by atoms with van der Waals surface area (Å²) in [5.74, 6) is -0.413. The highest BCUT2D eigenvalue weighted by Crippen LogP contribution is 2.35. The maximum Gasteiger partial charge on any atom is 0.319 e. The third-order valence-electron chi connectivity index (χ3n) is 2.61. The monoisotopic (exact) mass is 280 g/mol. The lowest BCUT2D eigenvalue weighted by Gasteiger charge is -2.12. The van der Waals surface area contributed by atoms with Crippen molar-refractivity contribution in [1.29, 1.82) is 0 Å². The van der Waals surface area contributed by atoms with Crippen LogP contribution in [0.3, 0.4) is 0 Å². The minimum atomic E-state index is -0.262. The minimum Gasteiger partial charge on any atom is -0.465 e. The first-order valence-electron chi connectivity index (χ1n) is 5.91. The molecule has 0 aliphatic heterocycles. The number of rotatable bonds is 4. The van der Waals surface area contributed by atoms with Crippen molar-refractivity contribution in [3.8, 4) is 0 Å². The molecule has 4 heteroatoms. The topological polar surface area (TPSA) is 26.3 Å². The van der Waals surface area contributed by atoms with Crippen molar-refractivity contribution in [3.63, 3.8) is 0 Å². The van der Waals surface area contributed by atoms with E-state index >= 15 is 0 Å². The van der Waals surface area contributed by atoms with Crippen LogP contribution >= 0.6 is 22.7 Å². The predicted octanol–water partition coefficient (Wildman–Crippen LogP) is 4.12. The molecule has 0 unspecified atom stereocenters. The Balaban J connectivity index is 2.37. The highest BCUT2D eigenvalue weighted by atomic mass is 32.1. The van der Waals surface area contributed by atoms with Crippen LogP contribution in [-0.4, -0.2) is 12.6 Å². The lowest BCUT2D eigenvalue weighted by molar-refractivity contribution is -0.143. The normalized spacial score (nSPS) is 10.9. The summed E-state index contributed by atoms with van der Waals surface area (Å²) in [6, 6.07) is 8.15. The quantitative estimate of drug-likeness (QED) is 0.787. The summed E-state index contributed by atoms with van der Waals surface area (Å²) in [5.41, 5.74) is 0. The van der Waals surface area contributed by atoms with E-state index in [9.17, 15) is 4.79 Å². The fourth-order valence-electron chi connectivity index (χ4n) is 1.82. The van der Waals surface area contributed by atoms with Gasteiger partial charge in [0.1, 0.15) is 5.92 Å². The Kier molecular flexibility index (Phi) is 4.19. The first-order chi connectivity index (χ1) is 8.61. The largest absolute Gasteiger partial charge is 0.465 e. The van der Waals surface area contributed by atoms with Gasteiger partial charge in [-0.25, -0.2) is 0 Å². The van der Waals surface area contributed by atoms with Crippen LogP contribution in [0.2, 0.25) is 0 Å². The van der Waals surface area contributed by atoms with Crippen molar-refractivity contribution in [2.24, 2.45) is 0 Å². The molecule has 0 saturated carbocycles. The Morgan fingerprint density at radius 3 is 1.94 bits per heavy atom. The number of thiophene rings is 2. The number of aryl methyl sites for hydroxylation is 2. The summed E-state index contributed by atoms with van der Waals surface area (Å²) in [6.07, 6.45) is 0. The predicted molar refractivity (Wildman–Crippen MR) is 76.6 cm³/mol. The van der Waals surface area contributed by atoms with E-state index in [-0.39, 0.29) is 11.9 Å². The highest BCUT2D eigenvalue weighted by Gasteiger charge is 2.26. The second kappa shape index (κ2) is 5.67. The lowest BCUT2D eigenvalue weighted by atomic mass is 10.1. The molecular weight excluding hydrogens is 264 g/mol. The number of carbonyl (C=O) groups is 1. The minimum absolute atomic E-state index is 0.152. The SMILES string of the molecule is CCOC(=O)C(c1ccc(C)s1)c1ccc(C)s1. The van der Waals surface area contributed by atoms with Crippen LogP contribution in [0.4, 0.5) is 0 Å². The van der Waals surface area contributed by atoms with Gasteiger partial charge in [0.15, 0.2) is 0 Å². The van der Waals surface area contributed by atoms with Crippen molar-refractivity contribution in [2.75, 3.05) is 6.61 Å². The van der Waals surface area contributed by atoms with Crippen LogP contribution in [0, 0.1) is 13.8 Å². The highest BCUT2D eigenvalue weighted by molar-refractivity contribution is 7.13. The van der Waals surface area contributed by atoms with Crippen LogP contribution in [-0.2, 0) is 9.53 Å². The molecule has 0 spiro atoms. The van der Waals surface area contributed by atoms with Gasteiger partial charge in [0, 0.05) is 19.5 Å². The maximum absolute atomic E-state index is 12.2. The van der Waals surface area contributed by atoms with E-state index < -0.39 is 0 Å². The molecule has 0 aromatic carbocycles. The molecule has 0 N–H and O–H groups in total. The molecule has 0 amide bonds. The molecule has 2 aromatic rings. The Bertz CT molecular complexity index is 499. The standard InChI is InChI=1S/C14H16O2S2/c1-4-16-14(15)13(11-7-5-9(2)17-11)12-8-6-10(3)18-12/h5-8,13H,4H2,1-3H3. The first-order valence-corrected chi connectivity index (χ1v) is 7.54. The molecular formula is C14H16O2S2. The number of hydrogen-bond donors (Lipinski definition) is 0. The average Bonchev–Trinajstić information content (AvgIpc) is 2.90. The van der Waals surface area contributed by atoms with E-state index in [2.05, 4.69) is 13.8 Å². The second-order valence-electron chi connectivity index (χ2n) is 4.08. The zero-order chi connectivity index (χ0) is 13.1. The molecule has 2 heterocycles. The molecule has 0 aliphatic rings. The summed E-state index contributed by atoms with van der Waals surface area (Å²) in [4.78, 5) is 16.7. The van der Waals surface area contributed by atoms with Gasteiger partial charge in [-0.3, -0.25) is 4.79 Å². The van der Waals surface area contributed by atoms with E-state index in [4.69, 9.17) is 4.74 Å². The molecule has 0 atom stereocenters. The van der Waals surface area contributed by atoms with Gasteiger partial charge in [-0.1, -0.05) is 0 Å². The molecule has 0 bridgehead atoms. The molecule has 2 rings (SSSR count). The summed E-state index contributed by atoms with van der Waals surface area (Å²) in [7, 11) is 0. The van der Waals surface area contributed by atoms with Crippen LogP contribution in [0.1, 0.15) is 32.4 Å². The third-order valence-corrected chi connectivity index (χ3v) is 4.74. The van der Waals surface area contributed by atoms with Crippen LogP contribution in [0.15, 0.2) is 24.3 Å². The molecule has 0 fully saturated rings. The zero-order valence-corrected chi connectivity index (χ0v) is 12.4. The van der Waals surface area contributed by atoms with Crippen LogP contribution in [0.25, 0.3) is 0 Å². The molecule has 0 aliphatic carbocycles. The molecule has 0 saturated heterocycles. The van der Waals surface area contributed by atoms with Crippen molar-refractivity contribution in [3.05, 3.63) is 43.8 Å². The van der Waals surface area contributed by atoms with Gasteiger partial charge in [0.2, 0.25) is 0 Å². The lowest BCUT2D eigenvalue weighted by Crippen LogP contribution is -2.15. The van der Waals surface area contributed by atoms with E-state index in [1.54, 1.807) is 22.7 Å². The molecule has 2 aromatic heterocycles. The Labute approximate surface area is 115 Å². The van der Waals surface area contributed by atoms with Gasteiger partial charge in [0.25, 0.3) is 0 Å². The fraction of sp³-hybridized carbons (Fsp3) is 0.357. The summed E-state index contributed by atoms with van der Waals surface area (Å²) >= 11 is 3.32. The summed E-state index contributed by atoms with van der Waals surface area (Å²) in [5, 5.41) is 0. The van der Waals surface area contributed by atoms with E-state index in [0.717, 1.165) is 9.75 Å². The zero-order valence-electron chi connectivity index (χ0n) is 10.7. The van der Waals surface area contributed by atoms with E-state index in [0.29, 0.717) is 6.61 Å². The van der Waals surface area contributed by atoms with Crippen molar-refractivity contribution >= 4 is 28.6 Å². The summed E-state index contributed by atoms with van der Waals surface area (Å²) < 4.78 is 5.21. The molecule has 18 heavy (non-hydrogen) atoms. The van der Waals surface area contributed by atoms with Gasteiger partial charge in [-0.2, -0.15) is 0 Å². The van der Waals surface area contributed by atoms with Crippen LogP contribution < -0.4 is 0 Å². The Hall–Kier alpha value is -1.13. The van der Waals surface area contributed by atoms with Crippen LogP contribution in [0.5, 0.6) is 0 Å². The van der Waals surface area contributed by atoms with Gasteiger partial charge in [0.05, 0.1) is 6.61 Å². The number of carbonyl (C=O) groups excluding carboxylic acids is 1. The summed E-state index contributed by atoms with van der Waals surface area (Å²) in [6.45, 7) is 6.37. The molecule has 0 radical (unpaired) electrons. The first kappa shape index (κ1) is 13.3. The third kappa shape index (κ3) is 2.82. The molecule has 2 nitrogen and oxygen atoms in total. The van der Waals surface area contributed by atoms with Gasteiger partial charge in [-0.15, -0.1) is 22.7 Å². The second-order valence-corrected chi connectivity index (χ2v) is 6.72. The Morgan fingerprint density at radius 1 is 1.11 bits per heavy atom. The average molecular weight is 280 g/mol. The number of hydrogen-bond acceptors (Lipinski definition) is 4. The van der Waals surface area contributed by atoms with Gasteiger partial charge in [-0.05, 0) is 45.0 Å². The number of ether oxygens (including phenoxy) is 1.